The molecule has 0 amide bonds. The first kappa shape index (κ1) is 29.9. The number of nitrogens with zero attached hydrogens (tertiary/aromatic N) is 1. The van der Waals surface area contributed by atoms with Crippen molar-refractivity contribution in [2.75, 3.05) is 20.1 Å². The van der Waals surface area contributed by atoms with Crippen LogP contribution in [0.5, 0.6) is 0 Å². The molecule has 0 radical (unpaired) electrons. The second-order valence-corrected chi connectivity index (χ2v) is 11.3. The first-order valence-electron chi connectivity index (χ1n) is 13.4. The first-order chi connectivity index (χ1) is 15.6. The topological polar surface area (TPSA) is 43.7 Å². The Morgan fingerprint density at radius 1 is 0.879 bits per heavy atom. The summed E-state index contributed by atoms with van der Waals surface area (Å²) >= 11 is 0. The number of likely N-dealkylation sites (N-methyl/N-ethyl adjacent to an activating group) is 1. The SMILES string of the molecule is CC(C)CCCC(C)CCCC(C)CCCC(C)(O)C(O)CN(C)CC=Cc1ccccc1. The van der Waals surface area contributed by atoms with Crippen molar-refractivity contribution >= 4 is 6.08 Å². The lowest BCUT2D eigenvalue weighted by atomic mass is 9.88. The minimum absolute atomic E-state index is 0.469. The summed E-state index contributed by atoms with van der Waals surface area (Å²) in [5.74, 6) is 2.35. The maximum absolute atomic E-state index is 10.8. The second-order valence-electron chi connectivity index (χ2n) is 11.3. The molecule has 0 aliphatic rings. The highest BCUT2D eigenvalue weighted by Gasteiger charge is 2.30. The van der Waals surface area contributed by atoms with E-state index in [9.17, 15) is 10.2 Å². The zero-order chi connectivity index (χ0) is 24.7. The third kappa shape index (κ3) is 14.7. The van der Waals surface area contributed by atoms with E-state index < -0.39 is 11.7 Å². The summed E-state index contributed by atoms with van der Waals surface area (Å²) in [6, 6.07) is 10.2. The van der Waals surface area contributed by atoms with Gasteiger partial charge in [0, 0.05) is 13.1 Å². The molecule has 33 heavy (non-hydrogen) atoms. The molecule has 4 unspecified atom stereocenters. The molecule has 0 saturated heterocycles. The van der Waals surface area contributed by atoms with E-state index in [4.69, 9.17) is 0 Å². The number of rotatable bonds is 18. The lowest BCUT2D eigenvalue weighted by molar-refractivity contribution is -0.0773. The van der Waals surface area contributed by atoms with Crippen molar-refractivity contribution in [3.8, 4) is 0 Å². The van der Waals surface area contributed by atoms with Crippen LogP contribution in [0, 0.1) is 17.8 Å². The monoisotopic (exact) mass is 459 g/mol. The molecule has 0 saturated carbocycles. The number of aliphatic hydroxyl groups excluding tert-OH is 1. The Balaban J connectivity index is 2.20. The fourth-order valence-corrected chi connectivity index (χ4v) is 4.45. The van der Waals surface area contributed by atoms with Crippen LogP contribution in [0.3, 0.4) is 0 Å². The number of hydrogen-bond donors (Lipinski definition) is 2. The second kappa shape index (κ2) is 16.5. The van der Waals surface area contributed by atoms with Crippen LogP contribution < -0.4 is 0 Å². The van der Waals surface area contributed by atoms with Crippen LogP contribution in [-0.2, 0) is 0 Å². The smallest absolute Gasteiger partial charge is 0.0950 e. The highest BCUT2D eigenvalue weighted by Crippen LogP contribution is 2.24. The van der Waals surface area contributed by atoms with Crippen molar-refractivity contribution in [3.05, 3.63) is 42.0 Å². The Labute approximate surface area is 205 Å². The van der Waals surface area contributed by atoms with Crippen molar-refractivity contribution in [1.82, 2.24) is 4.90 Å². The molecule has 1 aromatic carbocycles. The molecular formula is C30H53NO2. The van der Waals surface area contributed by atoms with Crippen LogP contribution in [0.25, 0.3) is 6.08 Å². The summed E-state index contributed by atoms with van der Waals surface area (Å²) in [6.45, 7) is 12.4. The third-order valence-corrected chi connectivity index (χ3v) is 6.98. The summed E-state index contributed by atoms with van der Waals surface area (Å²) in [5.41, 5.74) is 0.135. The Morgan fingerprint density at radius 2 is 1.42 bits per heavy atom. The van der Waals surface area contributed by atoms with Crippen LogP contribution in [0.2, 0.25) is 0 Å². The zero-order valence-corrected chi connectivity index (χ0v) is 22.5. The molecular weight excluding hydrogens is 406 g/mol. The molecule has 0 spiro atoms. The Bertz CT molecular complexity index is 625. The molecule has 3 heteroatoms. The average Bonchev–Trinajstić information content (AvgIpc) is 2.74. The molecule has 4 atom stereocenters. The van der Waals surface area contributed by atoms with Gasteiger partial charge in [0.1, 0.15) is 0 Å². The van der Waals surface area contributed by atoms with Crippen molar-refractivity contribution in [1.29, 1.82) is 0 Å². The van der Waals surface area contributed by atoms with E-state index in [1.165, 1.54) is 44.1 Å². The maximum atomic E-state index is 10.8. The van der Waals surface area contributed by atoms with Crippen molar-refractivity contribution < 1.29 is 10.2 Å². The Hall–Kier alpha value is -1.16. The molecule has 0 aromatic heterocycles. The molecule has 0 fully saturated rings. The summed E-state index contributed by atoms with van der Waals surface area (Å²) in [5, 5.41) is 21.4. The predicted molar refractivity (Wildman–Crippen MR) is 144 cm³/mol. The van der Waals surface area contributed by atoms with Crippen LogP contribution >= 0.6 is 0 Å². The maximum Gasteiger partial charge on any atom is 0.0950 e. The van der Waals surface area contributed by atoms with Crippen molar-refractivity contribution in [2.24, 2.45) is 17.8 Å². The van der Waals surface area contributed by atoms with E-state index in [2.05, 4.69) is 56.9 Å². The van der Waals surface area contributed by atoms with Gasteiger partial charge in [-0.3, -0.25) is 0 Å². The van der Waals surface area contributed by atoms with Gasteiger partial charge < -0.3 is 15.1 Å². The molecule has 0 aliphatic carbocycles. The molecule has 0 aliphatic heterocycles. The van der Waals surface area contributed by atoms with Gasteiger partial charge in [0.15, 0.2) is 0 Å². The van der Waals surface area contributed by atoms with Crippen molar-refractivity contribution in [2.45, 2.75) is 104 Å². The zero-order valence-electron chi connectivity index (χ0n) is 22.5. The predicted octanol–water partition coefficient (Wildman–Crippen LogP) is 7.18. The summed E-state index contributed by atoms with van der Waals surface area (Å²) in [4.78, 5) is 2.06. The van der Waals surface area contributed by atoms with E-state index in [1.54, 1.807) is 6.92 Å². The van der Waals surface area contributed by atoms with Gasteiger partial charge in [-0.25, -0.2) is 0 Å². The molecule has 0 bridgehead atoms. The van der Waals surface area contributed by atoms with Gasteiger partial charge in [-0.1, -0.05) is 122 Å². The number of hydrogen-bond acceptors (Lipinski definition) is 3. The fourth-order valence-electron chi connectivity index (χ4n) is 4.45. The molecule has 1 rings (SSSR count). The van der Waals surface area contributed by atoms with Crippen molar-refractivity contribution in [3.63, 3.8) is 0 Å². The van der Waals surface area contributed by atoms with Gasteiger partial charge in [-0.15, -0.1) is 0 Å². The molecule has 190 valence electrons. The summed E-state index contributed by atoms with van der Waals surface area (Å²) < 4.78 is 0. The fraction of sp³-hybridized carbons (Fsp3) is 0.733. The quantitative estimate of drug-likeness (QED) is 0.244. The number of benzene rings is 1. The summed E-state index contributed by atoms with van der Waals surface area (Å²) in [7, 11) is 1.99. The van der Waals surface area contributed by atoms with E-state index in [-0.39, 0.29) is 0 Å². The average molecular weight is 460 g/mol. The Kier molecular flexibility index (Phi) is 14.9. The van der Waals surface area contributed by atoms with Gasteiger partial charge in [0.25, 0.3) is 0 Å². The van der Waals surface area contributed by atoms with Gasteiger partial charge in [0.2, 0.25) is 0 Å². The van der Waals surface area contributed by atoms with E-state index in [1.807, 2.05) is 25.2 Å². The Morgan fingerprint density at radius 3 is 2.00 bits per heavy atom. The first-order valence-corrected chi connectivity index (χ1v) is 13.4. The lowest BCUT2D eigenvalue weighted by Crippen LogP contribution is -2.46. The minimum Gasteiger partial charge on any atom is -0.389 e. The van der Waals surface area contributed by atoms with Gasteiger partial charge >= 0.3 is 0 Å². The normalized spacial score (nSPS) is 16.9. The highest BCUT2D eigenvalue weighted by molar-refractivity contribution is 5.48. The minimum atomic E-state index is -1.04. The van der Waals surface area contributed by atoms with E-state index in [0.29, 0.717) is 18.9 Å². The van der Waals surface area contributed by atoms with E-state index >= 15 is 0 Å². The largest absolute Gasteiger partial charge is 0.389 e. The molecule has 0 heterocycles. The molecule has 1 aromatic rings. The van der Waals surface area contributed by atoms with Crippen LogP contribution in [0.4, 0.5) is 0 Å². The van der Waals surface area contributed by atoms with E-state index in [0.717, 1.165) is 31.2 Å². The molecule has 3 nitrogen and oxygen atoms in total. The summed E-state index contributed by atoms with van der Waals surface area (Å²) in [6.07, 6.45) is 14.2. The molecule has 2 N–H and O–H groups in total. The van der Waals surface area contributed by atoms with Crippen LogP contribution in [0.1, 0.15) is 98.0 Å². The highest BCUT2D eigenvalue weighted by atomic mass is 16.3. The number of aliphatic hydroxyl groups is 2. The lowest BCUT2D eigenvalue weighted by Gasteiger charge is -2.32. The van der Waals surface area contributed by atoms with Gasteiger partial charge in [-0.05, 0) is 43.7 Å². The van der Waals surface area contributed by atoms with Gasteiger partial charge in [0.05, 0.1) is 11.7 Å². The third-order valence-electron chi connectivity index (χ3n) is 6.98. The van der Waals surface area contributed by atoms with Crippen LogP contribution in [-0.4, -0.2) is 47.0 Å². The van der Waals surface area contributed by atoms with Crippen LogP contribution in [0.15, 0.2) is 36.4 Å². The standard InChI is InChI=1S/C30H53NO2/c1-25(2)14-10-15-26(3)16-11-17-27(4)18-12-22-30(5,33)29(32)24-31(6)23-13-21-28-19-8-7-9-20-28/h7-9,13,19-21,25-27,29,32-33H,10-12,14-18,22-24H2,1-6H3. The van der Waals surface area contributed by atoms with Gasteiger partial charge in [-0.2, -0.15) is 0 Å².